The highest BCUT2D eigenvalue weighted by Gasteiger charge is 2.21. The number of fused-ring (bicyclic) bond motifs is 3. The van der Waals surface area contributed by atoms with Gasteiger partial charge in [-0.25, -0.2) is 0 Å². The van der Waals surface area contributed by atoms with Gasteiger partial charge in [0.25, 0.3) is 0 Å². The van der Waals surface area contributed by atoms with Crippen molar-refractivity contribution in [2.75, 3.05) is 4.90 Å². The maximum Gasteiger partial charge on any atom is 0.0462 e. The van der Waals surface area contributed by atoms with Crippen molar-refractivity contribution >= 4 is 44.6 Å². The number of hydrogen-bond donors (Lipinski definition) is 0. The second-order valence-electron chi connectivity index (χ2n) is 11.4. The molecule has 44 heavy (non-hydrogen) atoms. The van der Waals surface area contributed by atoms with Crippen LogP contribution in [0, 0.1) is 0 Å². The van der Waals surface area contributed by atoms with Gasteiger partial charge in [-0.2, -0.15) is 0 Å². The Morgan fingerprint density at radius 3 is 1.52 bits per heavy atom. The number of thiophene rings is 1. The summed E-state index contributed by atoms with van der Waals surface area (Å²) in [6.07, 6.45) is 5.76. The average Bonchev–Trinajstić information content (AvgIpc) is 3.48. The first-order valence-electron chi connectivity index (χ1n) is 15.2. The summed E-state index contributed by atoms with van der Waals surface area (Å²) >= 11 is 1.90. The number of nitrogens with zero attached hydrogens (tertiary/aromatic N) is 1. The molecule has 0 saturated carbocycles. The molecule has 1 atom stereocenters. The summed E-state index contributed by atoms with van der Waals surface area (Å²) in [4.78, 5) is 3.76. The SMILES string of the molecule is C1=CC(c2ccc(N(c3ccc(-c4ccccc4)cc3)c3ccc(-c4ccccc4)cc3)cc2)Cc2c1sc1ccccc21. The molecule has 0 saturated heterocycles. The second kappa shape index (κ2) is 11.5. The highest BCUT2D eigenvalue weighted by molar-refractivity contribution is 7.20. The van der Waals surface area contributed by atoms with Gasteiger partial charge in [0.15, 0.2) is 0 Å². The van der Waals surface area contributed by atoms with Gasteiger partial charge in [0.1, 0.15) is 0 Å². The molecule has 1 unspecified atom stereocenters. The van der Waals surface area contributed by atoms with E-state index in [1.165, 1.54) is 48.3 Å². The molecule has 0 bridgehead atoms. The van der Waals surface area contributed by atoms with Gasteiger partial charge in [-0.05, 0) is 93.7 Å². The van der Waals surface area contributed by atoms with Crippen molar-refractivity contribution in [3.63, 3.8) is 0 Å². The Hall–Kier alpha value is -5.18. The molecular weight excluding hydrogens is 551 g/mol. The van der Waals surface area contributed by atoms with E-state index in [0.717, 1.165) is 23.5 Å². The summed E-state index contributed by atoms with van der Waals surface area (Å²) in [5, 5.41) is 1.41. The average molecular weight is 582 g/mol. The van der Waals surface area contributed by atoms with Gasteiger partial charge >= 0.3 is 0 Å². The first-order valence-corrected chi connectivity index (χ1v) is 16.0. The van der Waals surface area contributed by atoms with Gasteiger partial charge in [-0.1, -0.05) is 121 Å². The lowest BCUT2D eigenvalue weighted by molar-refractivity contribution is 0.837. The molecule has 1 aliphatic carbocycles. The predicted molar refractivity (Wildman–Crippen MR) is 189 cm³/mol. The monoisotopic (exact) mass is 581 g/mol. The van der Waals surface area contributed by atoms with Crippen LogP contribution in [0.15, 0.2) is 164 Å². The third-order valence-corrected chi connectivity index (χ3v) is 9.86. The minimum Gasteiger partial charge on any atom is -0.311 e. The van der Waals surface area contributed by atoms with Crippen LogP contribution in [0.4, 0.5) is 17.1 Å². The number of allylic oxidation sites excluding steroid dienone is 1. The minimum absolute atomic E-state index is 0.373. The molecule has 1 nitrogen and oxygen atoms in total. The van der Waals surface area contributed by atoms with E-state index in [2.05, 4.69) is 175 Å². The molecular formula is C42H31NS. The summed E-state index contributed by atoms with van der Waals surface area (Å²) in [7, 11) is 0. The first kappa shape index (κ1) is 26.4. The number of hydrogen-bond acceptors (Lipinski definition) is 2. The molecule has 7 aromatic rings. The van der Waals surface area contributed by atoms with E-state index >= 15 is 0 Å². The van der Waals surface area contributed by atoms with Crippen LogP contribution in [0.5, 0.6) is 0 Å². The topological polar surface area (TPSA) is 3.24 Å². The van der Waals surface area contributed by atoms with E-state index in [4.69, 9.17) is 0 Å². The van der Waals surface area contributed by atoms with E-state index in [-0.39, 0.29) is 0 Å². The third-order valence-electron chi connectivity index (χ3n) is 8.68. The second-order valence-corrected chi connectivity index (χ2v) is 12.4. The molecule has 0 fully saturated rings. The first-order chi connectivity index (χ1) is 21.8. The van der Waals surface area contributed by atoms with E-state index < -0.39 is 0 Å². The van der Waals surface area contributed by atoms with E-state index in [0.29, 0.717) is 5.92 Å². The quantitative estimate of drug-likeness (QED) is 0.189. The zero-order valence-electron chi connectivity index (χ0n) is 24.3. The Bertz CT molecular complexity index is 1970. The summed E-state index contributed by atoms with van der Waals surface area (Å²) in [5.74, 6) is 0.373. The van der Waals surface area contributed by atoms with E-state index in [1.807, 2.05) is 11.3 Å². The van der Waals surface area contributed by atoms with Crippen LogP contribution in [0.2, 0.25) is 0 Å². The van der Waals surface area contributed by atoms with Crippen molar-refractivity contribution in [1.82, 2.24) is 0 Å². The molecule has 0 N–H and O–H groups in total. The molecule has 0 amide bonds. The molecule has 1 aliphatic rings. The van der Waals surface area contributed by atoms with Gasteiger partial charge in [0.05, 0.1) is 0 Å². The Kier molecular flexibility index (Phi) is 6.90. The van der Waals surface area contributed by atoms with Gasteiger partial charge in [0, 0.05) is 32.6 Å². The summed E-state index contributed by atoms with van der Waals surface area (Å²) in [6, 6.07) is 56.9. The van der Waals surface area contributed by atoms with Crippen LogP contribution in [-0.4, -0.2) is 0 Å². The zero-order chi connectivity index (χ0) is 29.3. The molecule has 0 spiro atoms. The maximum absolute atomic E-state index is 2.38. The van der Waals surface area contributed by atoms with Crippen molar-refractivity contribution in [3.05, 3.63) is 180 Å². The van der Waals surface area contributed by atoms with Crippen LogP contribution >= 0.6 is 11.3 Å². The summed E-state index contributed by atoms with van der Waals surface area (Å²) in [6.45, 7) is 0. The summed E-state index contributed by atoms with van der Waals surface area (Å²) in [5.41, 5.74) is 11.1. The fraction of sp³-hybridized carbons (Fsp3) is 0.0476. The maximum atomic E-state index is 2.38. The largest absolute Gasteiger partial charge is 0.311 e. The van der Waals surface area contributed by atoms with Crippen molar-refractivity contribution < 1.29 is 0 Å². The van der Waals surface area contributed by atoms with Crippen molar-refractivity contribution in [1.29, 1.82) is 0 Å². The summed E-state index contributed by atoms with van der Waals surface area (Å²) < 4.78 is 1.38. The van der Waals surface area contributed by atoms with Crippen molar-refractivity contribution in [2.24, 2.45) is 0 Å². The van der Waals surface area contributed by atoms with Gasteiger partial charge in [-0.15, -0.1) is 11.3 Å². The highest BCUT2D eigenvalue weighted by atomic mass is 32.1. The smallest absolute Gasteiger partial charge is 0.0462 e. The van der Waals surface area contributed by atoms with Gasteiger partial charge in [0.2, 0.25) is 0 Å². The van der Waals surface area contributed by atoms with Crippen LogP contribution in [0.1, 0.15) is 21.9 Å². The lowest BCUT2D eigenvalue weighted by atomic mass is 9.87. The fourth-order valence-electron chi connectivity index (χ4n) is 6.37. The molecule has 1 heterocycles. The number of rotatable bonds is 6. The van der Waals surface area contributed by atoms with E-state index in [1.54, 1.807) is 0 Å². The van der Waals surface area contributed by atoms with Crippen LogP contribution in [0.3, 0.4) is 0 Å². The standard InChI is InChI=1S/C42H31NS/c1-3-9-30(10-4-1)32-15-22-36(23-16-32)43(37-24-17-33(18-25-37)31-11-5-2-6-12-31)38-26-19-34(20-27-38)35-21-28-42-40(29-35)39-13-7-8-14-41(39)44-42/h1-28,35H,29H2. The normalized spacial score (nSPS) is 14.0. The fourth-order valence-corrected chi connectivity index (χ4v) is 7.52. The Balaban J connectivity index is 1.13. The van der Waals surface area contributed by atoms with Gasteiger partial charge < -0.3 is 4.90 Å². The van der Waals surface area contributed by atoms with E-state index in [9.17, 15) is 0 Å². The van der Waals surface area contributed by atoms with Crippen LogP contribution in [-0.2, 0) is 6.42 Å². The minimum atomic E-state index is 0.373. The number of anilines is 3. The zero-order valence-corrected chi connectivity index (χ0v) is 25.1. The molecule has 0 aliphatic heterocycles. The Morgan fingerprint density at radius 1 is 0.477 bits per heavy atom. The van der Waals surface area contributed by atoms with Crippen molar-refractivity contribution in [2.45, 2.75) is 12.3 Å². The molecule has 2 heteroatoms. The molecule has 210 valence electrons. The Labute approximate surface area is 263 Å². The molecule has 1 aromatic heterocycles. The predicted octanol–water partition coefficient (Wildman–Crippen LogP) is 12.1. The molecule has 0 radical (unpaired) electrons. The lowest BCUT2D eigenvalue weighted by Gasteiger charge is -2.27. The van der Waals surface area contributed by atoms with Gasteiger partial charge in [-0.3, -0.25) is 0 Å². The van der Waals surface area contributed by atoms with Crippen molar-refractivity contribution in [3.8, 4) is 22.3 Å². The molecule has 6 aromatic carbocycles. The molecule has 8 rings (SSSR count). The lowest BCUT2D eigenvalue weighted by Crippen LogP contribution is -2.10. The van der Waals surface area contributed by atoms with Crippen LogP contribution < -0.4 is 4.90 Å². The number of benzene rings is 6. The van der Waals surface area contributed by atoms with Crippen LogP contribution in [0.25, 0.3) is 38.4 Å². The third kappa shape index (κ3) is 5.04. The Morgan fingerprint density at radius 2 is 0.955 bits per heavy atom. The highest BCUT2D eigenvalue weighted by Crippen LogP contribution is 2.41.